The predicted molar refractivity (Wildman–Crippen MR) is 112 cm³/mol. The van der Waals surface area contributed by atoms with Gasteiger partial charge in [-0.05, 0) is 37.3 Å². The monoisotopic (exact) mass is 495 g/mol. The first-order chi connectivity index (χ1) is 16.5. The first-order valence-electron chi connectivity index (χ1n) is 10.1. The summed E-state index contributed by atoms with van der Waals surface area (Å²) < 4.78 is 72.9. The van der Waals surface area contributed by atoms with E-state index in [1.54, 1.807) is 0 Å². The molecule has 0 aliphatic heterocycles. The molecular formula is C22H18F5N5O3. The third kappa shape index (κ3) is 4.54. The van der Waals surface area contributed by atoms with Crippen molar-refractivity contribution in [1.29, 1.82) is 0 Å². The number of aliphatic hydroxyl groups is 1. The summed E-state index contributed by atoms with van der Waals surface area (Å²) in [5.41, 5.74) is -2.59. The van der Waals surface area contributed by atoms with Gasteiger partial charge in [0.15, 0.2) is 6.17 Å². The molecular weight excluding hydrogens is 477 g/mol. The zero-order valence-electron chi connectivity index (χ0n) is 18.0. The third-order valence-corrected chi connectivity index (χ3v) is 5.30. The summed E-state index contributed by atoms with van der Waals surface area (Å²) in [4.78, 5) is 17.1. The first-order valence-corrected chi connectivity index (χ1v) is 10.1. The highest BCUT2D eigenvalue weighted by Gasteiger charge is 2.44. The summed E-state index contributed by atoms with van der Waals surface area (Å²) in [5, 5.41) is 15.4. The fourth-order valence-corrected chi connectivity index (χ4v) is 3.66. The molecule has 1 N–H and O–H groups in total. The highest BCUT2D eigenvalue weighted by Crippen LogP contribution is 2.35. The van der Waals surface area contributed by atoms with Gasteiger partial charge >= 0.3 is 18.2 Å². The predicted octanol–water partition coefficient (Wildman–Crippen LogP) is 3.56. The number of rotatable bonds is 8. The Morgan fingerprint density at radius 3 is 2.34 bits per heavy atom. The third-order valence-electron chi connectivity index (χ3n) is 5.30. The van der Waals surface area contributed by atoms with Gasteiger partial charge in [-0.1, -0.05) is 18.2 Å². The van der Waals surface area contributed by atoms with Crippen LogP contribution in [0.25, 0.3) is 5.69 Å². The number of halogens is 5. The number of imidazole rings is 1. The minimum atomic E-state index is -4.68. The molecule has 0 radical (unpaired) electrons. The van der Waals surface area contributed by atoms with Gasteiger partial charge in [-0.15, -0.1) is 0 Å². The Kier molecular flexibility index (Phi) is 6.19. The minimum absolute atomic E-state index is 0.0957. The molecule has 0 amide bonds. The van der Waals surface area contributed by atoms with Crippen LogP contribution in [0, 0.1) is 5.82 Å². The molecule has 8 nitrogen and oxygen atoms in total. The molecule has 13 heteroatoms. The molecule has 35 heavy (non-hydrogen) atoms. The second-order valence-corrected chi connectivity index (χ2v) is 7.69. The van der Waals surface area contributed by atoms with Gasteiger partial charge in [-0.3, -0.25) is 9.13 Å². The van der Waals surface area contributed by atoms with Crippen molar-refractivity contribution >= 4 is 0 Å². The molecule has 184 valence electrons. The molecule has 4 aromatic rings. The highest BCUT2D eigenvalue weighted by molar-refractivity contribution is 5.37. The lowest BCUT2D eigenvalue weighted by molar-refractivity contribution is -0.253. The molecule has 2 aromatic carbocycles. The van der Waals surface area contributed by atoms with Crippen molar-refractivity contribution in [1.82, 2.24) is 23.9 Å². The van der Waals surface area contributed by atoms with E-state index in [0.717, 1.165) is 27.3 Å². The fraction of sp³-hybridized carbons (Fsp3) is 0.227. The van der Waals surface area contributed by atoms with Crippen molar-refractivity contribution in [3.05, 3.63) is 95.4 Å². The second-order valence-electron chi connectivity index (χ2n) is 7.69. The smallest absolute Gasteiger partial charge is 0.428 e. The van der Waals surface area contributed by atoms with E-state index in [4.69, 9.17) is 0 Å². The maximum atomic E-state index is 14.6. The Morgan fingerprint density at radius 2 is 1.74 bits per heavy atom. The van der Waals surface area contributed by atoms with Crippen LogP contribution in [0.1, 0.15) is 18.7 Å². The van der Waals surface area contributed by atoms with Crippen molar-refractivity contribution in [2.45, 2.75) is 31.2 Å². The van der Waals surface area contributed by atoms with Gasteiger partial charge < -0.3 is 9.84 Å². The van der Waals surface area contributed by atoms with Crippen LogP contribution in [0.2, 0.25) is 0 Å². The largest absolute Gasteiger partial charge is 0.461 e. The van der Waals surface area contributed by atoms with Gasteiger partial charge in [0.05, 0.1) is 5.69 Å². The number of nitrogens with zero attached hydrogens (tertiary/aromatic N) is 5. The number of alkyl halides is 4. The van der Waals surface area contributed by atoms with Crippen molar-refractivity contribution in [3.8, 4) is 11.4 Å². The Hall–Kier alpha value is -4.00. The van der Waals surface area contributed by atoms with E-state index in [-0.39, 0.29) is 11.3 Å². The van der Waals surface area contributed by atoms with Crippen LogP contribution in [-0.4, -0.2) is 41.5 Å². The van der Waals surface area contributed by atoms with Crippen LogP contribution in [0.4, 0.5) is 22.0 Å². The Morgan fingerprint density at radius 1 is 1.06 bits per heavy atom. The maximum absolute atomic E-state index is 14.6. The molecule has 4 rings (SSSR count). The van der Waals surface area contributed by atoms with Crippen molar-refractivity contribution in [2.24, 2.45) is 0 Å². The molecule has 0 saturated heterocycles. The normalized spacial score (nSPS) is 14.6. The number of ether oxygens (including phenoxy) is 1. The Balaban J connectivity index is 1.73. The topological polar surface area (TPSA) is 87.1 Å². The van der Waals surface area contributed by atoms with Crippen molar-refractivity contribution in [3.63, 3.8) is 0 Å². The van der Waals surface area contributed by atoms with E-state index in [1.165, 1.54) is 67.0 Å². The van der Waals surface area contributed by atoms with Crippen LogP contribution in [0.5, 0.6) is 5.75 Å². The zero-order chi connectivity index (χ0) is 25.4. The summed E-state index contributed by atoms with van der Waals surface area (Å²) >= 11 is 0. The van der Waals surface area contributed by atoms with Crippen LogP contribution in [0.3, 0.4) is 0 Å². The summed E-state index contributed by atoms with van der Waals surface area (Å²) in [7, 11) is 0. The van der Waals surface area contributed by atoms with E-state index >= 15 is 0 Å². The molecule has 0 unspecified atom stereocenters. The zero-order valence-corrected chi connectivity index (χ0v) is 18.0. The average Bonchev–Trinajstić information content (AvgIpc) is 3.45. The fourth-order valence-electron chi connectivity index (χ4n) is 3.66. The van der Waals surface area contributed by atoms with E-state index in [0.29, 0.717) is 0 Å². The number of hydrogen-bond donors (Lipinski definition) is 1. The van der Waals surface area contributed by atoms with Crippen LogP contribution in [-0.2, 0) is 5.60 Å². The highest BCUT2D eigenvalue weighted by atomic mass is 19.3. The summed E-state index contributed by atoms with van der Waals surface area (Å²) in [6.45, 7) is 1.32. The molecule has 2 atom stereocenters. The second kappa shape index (κ2) is 8.98. The minimum Gasteiger partial charge on any atom is -0.428 e. The maximum Gasteiger partial charge on any atom is 0.461 e. The molecule has 0 fully saturated rings. The van der Waals surface area contributed by atoms with Gasteiger partial charge in [0.2, 0.25) is 0 Å². The van der Waals surface area contributed by atoms with E-state index in [2.05, 4.69) is 14.8 Å². The van der Waals surface area contributed by atoms with Crippen LogP contribution in [0.15, 0.2) is 78.4 Å². The van der Waals surface area contributed by atoms with E-state index < -0.39 is 41.6 Å². The van der Waals surface area contributed by atoms with Gasteiger partial charge in [0.25, 0.3) is 0 Å². The van der Waals surface area contributed by atoms with Crippen molar-refractivity contribution < 1.29 is 31.8 Å². The van der Waals surface area contributed by atoms with Gasteiger partial charge in [0, 0.05) is 18.0 Å². The summed E-state index contributed by atoms with van der Waals surface area (Å²) in [5.74, 6) is -1.24. The number of hydrogen-bond acceptors (Lipinski definition) is 5. The molecule has 0 aliphatic rings. The molecule has 0 bridgehead atoms. The molecule has 0 spiro atoms. The van der Waals surface area contributed by atoms with Crippen molar-refractivity contribution in [2.75, 3.05) is 0 Å². The van der Waals surface area contributed by atoms with E-state index in [1.807, 2.05) is 0 Å². The molecule has 0 saturated carbocycles. The lowest BCUT2D eigenvalue weighted by Gasteiger charge is -2.33. The summed E-state index contributed by atoms with van der Waals surface area (Å²) in [6, 6.07) is 9.93. The van der Waals surface area contributed by atoms with Crippen LogP contribution < -0.4 is 10.4 Å². The quantitative estimate of drug-likeness (QED) is 0.378. The SMILES string of the molecule is C[C@@](O)(c1ccccc1F)[C@@H](n1cncn1)n1ccn(-c2ccc(OC(F)(F)C(F)F)cc2)c1=O. The first kappa shape index (κ1) is 24.1. The number of benzene rings is 2. The lowest BCUT2D eigenvalue weighted by atomic mass is 9.92. The lowest BCUT2D eigenvalue weighted by Crippen LogP contribution is -2.43. The van der Waals surface area contributed by atoms with Crippen LogP contribution >= 0.6 is 0 Å². The summed E-state index contributed by atoms with van der Waals surface area (Å²) in [6.07, 6.45) is -4.89. The van der Waals surface area contributed by atoms with Gasteiger partial charge in [-0.2, -0.15) is 22.7 Å². The molecule has 2 aromatic heterocycles. The van der Waals surface area contributed by atoms with Gasteiger partial charge in [0.1, 0.15) is 29.8 Å². The number of aromatic nitrogens is 5. The van der Waals surface area contributed by atoms with E-state index in [9.17, 15) is 31.9 Å². The molecule has 2 heterocycles. The average molecular weight is 495 g/mol. The Labute approximate surface area is 194 Å². The van der Waals surface area contributed by atoms with Gasteiger partial charge in [-0.25, -0.2) is 18.9 Å². The standard InChI is InChI=1S/C22H18F5N5O3/c1-21(34,16-4-2-3-5-17(16)23)19(32-13-28-12-29-32)31-11-10-30(20(31)33)14-6-8-15(9-7-14)35-22(26,27)18(24)25/h2-13,18-19,34H,1H3/t19-,21-/m1/s1. The molecule has 0 aliphatic carbocycles. The Bertz CT molecular complexity index is 1350.